The van der Waals surface area contributed by atoms with E-state index >= 15 is 0 Å². The first-order chi connectivity index (χ1) is 13.7. The molecule has 2 aliphatic heterocycles. The average Bonchev–Trinajstić information content (AvgIpc) is 3.28. The highest BCUT2D eigenvalue weighted by Crippen LogP contribution is 2.21. The summed E-state index contributed by atoms with van der Waals surface area (Å²) in [6, 6.07) is 11.2. The van der Waals surface area contributed by atoms with E-state index in [1.54, 1.807) is 18.4 Å². The minimum Gasteiger partial charge on any atom is -0.461 e. The number of halogens is 1. The molecule has 150 valence electrons. The minimum atomic E-state index is -0.262. The van der Waals surface area contributed by atoms with Crippen molar-refractivity contribution in [2.45, 2.75) is 12.1 Å². The zero-order chi connectivity index (χ0) is 19.3. The molecule has 0 spiro atoms. The molecule has 1 aromatic carbocycles. The van der Waals surface area contributed by atoms with Gasteiger partial charge in [0.15, 0.2) is 11.8 Å². The fraction of sp³-hybridized carbons (Fsp3) is 0.476. The van der Waals surface area contributed by atoms with Gasteiger partial charge >= 0.3 is 0 Å². The molecule has 0 saturated carbocycles. The number of benzene rings is 1. The number of hydrogen-bond donors (Lipinski definition) is 2. The monoisotopic (exact) mass is 406 g/mol. The van der Waals surface area contributed by atoms with Crippen LogP contribution in [-0.4, -0.2) is 64.4 Å². The van der Waals surface area contributed by atoms with E-state index in [2.05, 4.69) is 6.07 Å². The number of quaternary nitrogens is 2. The summed E-state index contributed by atoms with van der Waals surface area (Å²) in [7, 11) is 0. The summed E-state index contributed by atoms with van der Waals surface area (Å²) in [5.41, 5.74) is 1.09. The molecule has 7 heteroatoms. The molecule has 2 aromatic rings. The fourth-order valence-corrected chi connectivity index (χ4v) is 4.60. The Bertz CT molecular complexity index is 770. The Balaban J connectivity index is 1.76. The zero-order valence-electron chi connectivity index (χ0n) is 15.9. The Morgan fingerprint density at radius 3 is 2.21 bits per heavy atom. The van der Waals surface area contributed by atoms with Crippen LogP contribution in [-0.2, 0) is 9.47 Å². The summed E-state index contributed by atoms with van der Waals surface area (Å²) in [5, 5.41) is 0.691. The predicted octanol–water partition coefficient (Wildman–Crippen LogP) is 0.0558. The molecule has 0 radical (unpaired) electrons. The maximum Gasteiger partial charge on any atom is 0.261 e. The SMILES string of the molecule is O=C(c1ccco1)[C@H]([C@@H](c1cccc(Cl)c1)[NH+]1CCOCC1)[NH+]1CCOCC1. The molecule has 0 amide bonds. The van der Waals surface area contributed by atoms with Crippen LogP contribution in [0.3, 0.4) is 0 Å². The van der Waals surface area contributed by atoms with E-state index in [1.165, 1.54) is 9.80 Å². The van der Waals surface area contributed by atoms with Gasteiger partial charge < -0.3 is 23.7 Å². The molecule has 2 fully saturated rings. The van der Waals surface area contributed by atoms with Crippen LogP contribution in [0.15, 0.2) is 47.1 Å². The maximum absolute atomic E-state index is 13.6. The molecule has 0 unspecified atom stereocenters. The molecule has 4 rings (SSSR count). The largest absolute Gasteiger partial charge is 0.461 e. The molecular weight excluding hydrogens is 380 g/mol. The van der Waals surface area contributed by atoms with Crippen molar-refractivity contribution in [3.8, 4) is 0 Å². The number of morpholine rings is 2. The van der Waals surface area contributed by atoms with Crippen LogP contribution >= 0.6 is 11.6 Å². The molecule has 3 heterocycles. The number of furan rings is 1. The third-order valence-electron chi connectivity index (χ3n) is 5.74. The van der Waals surface area contributed by atoms with E-state index in [9.17, 15) is 4.79 Å². The van der Waals surface area contributed by atoms with Crippen LogP contribution < -0.4 is 9.80 Å². The molecule has 2 aliphatic rings. The number of carbonyl (C=O) groups excluding carboxylic acids is 1. The van der Waals surface area contributed by atoms with Crippen LogP contribution in [0, 0.1) is 0 Å². The van der Waals surface area contributed by atoms with Gasteiger partial charge in [0.2, 0.25) is 6.04 Å². The maximum atomic E-state index is 13.6. The minimum absolute atomic E-state index is 0.0201. The highest BCUT2D eigenvalue weighted by molar-refractivity contribution is 6.30. The summed E-state index contributed by atoms with van der Waals surface area (Å²) in [6.45, 7) is 6.07. The van der Waals surface area contributed by atoms with E-state index in [4.69, 9.17) is 25.5 Å². The van der Waals surface area contributed by atoms with Crippen molar-refractivity contribution >= 4 is 17.4 Å². The van der Waals surface area contributed by atoms with Gasteiger partial charge in [0.1, 0.15) is 26.2 Å². The topological polar surface area (TPSA) is 57.5 Å². The summed E-state index contributed by atoms with van der Waals surface area (Å²) in [6.07, 6.45) is 1.56. The third kappa shape index (κ3) is 4.31. The van der Waals surface area contributed by atoms with Gasteiger partial charge in [-0.25, -0.2) is 0 Å². The van der Waals surface area contributed by atoms with Gasteiger partial charge in [-0.3, -0.25) is 4.79 Å². The van der Waals surface area contributed by atoms with E-state index in [-0.39, 0.29) is 17.9 Å². The predicted molar refractivity (Wildman–Crippen MR) is 104 cm³/mol. The number of ether oxygens (including phenoxy) is 2. The van der Waals surface area contributed by atoms with Crippen LogP contribution in [0.2, 0.25) is 5.02 Å². The molecular formula is C21H27ClN2O4+2. The van der Waals surface area contributed by atoms with Crippen LogP contribution in [0.4, 0.5) is 0 Å². The molecule has 2 saturated heterocycles. The number of rotatable bonds is 6. The quantitative estimate of drug-likeness (QED) is 0.666. The van der Waals surface area contributed by atoms with E-state index < -0.39 is 0 Å². The number of ketones is 1. The lowest BCUT2D eigenvalue weighted by Gasteiger charge is -2.39. The van der Waals surface area contributed by atoms with Crippen molar-refractivity contribution in [1.29, 1.82) is 0 Å². The van der Waals surface area contributed by atoms with Gasteiger partial charge in [-0.1, -0.05) is 23.7 Å². The van der Waals surface area contributed by atoms with E-state index in [0.717, 1.165) is 31.7 Å². The lowest BCUT2D eigenvalue weighted by molar-refractivity contribution is -0.999. The van der Waals surface area contributed by atoms with Crippen molar-refractivity contribution in [3.63, 3.8) is 0 Å². The summed E-state index contributed by atoms with van der Waals surface area (Å²) in [4.78, 5) is 16.2. The molecule has 0 aliphatic carbocycles. The Kier molecular flexibility index (Phi) is 6.44. The molecule has 1 aromatic heterocycles. The van der Waals surface area contributed by atoms with Gasteiger partial charge in [-0.2, -0.15) is 0 Å². The first-order valence-corrected chi connectivity index (χ1v) is 10.3. The van der Waals surface area contributed by atoms with E-state index in [1.807, 2.05) is 18.2 Å². The Hall–Kier alpha value is -1.70. The lowest BCUT2D eigenvalue weighted by Crippen LogP contribution is -3.25. The van der Waals surface area contributed by atoms with Crippen molar-refractivity contribution < 1.29 is 28.5 Å². The highest BCUT2D eigenvalue weighted by atomic mass is 35.5. The standard InChI is InChI=1S/C21H25ClN2O4/c22-17-4-1-3-16(15-17)19(23-6-11-26-12-7-23)20(24-8-13-27-14-9-24)21(25)18-5-2-10-28-18/h1-5,10,15,19-20H,6-9,11-14H2/p+2/t19-,20+/m1/s1. The highest BCUT2D eigenvalue weighted by Gasteiger charge is 2.46. The van der Waals surface area contributed by atoms with E-state index in [0.29, 0.717) is 37.2 Å². The molecule has 28 heavy (non-hydrogen) atoms. The Morgan fingerprint density at radius 2 is 1.61 bits per heavy atom. The summed E-state index contributed by atoms with van der Waals surface area (Å²) >= 11 is 6.33. The second-order valence-electron chi connectivity index (χ2n) is 7.39. The van der Waals surface area contributed by atoms with Crippen molar-refractivity contribution in [1.82, 2.24) is 0 Å². The van der Waals surface area contributed by atoms with Gasteiger partial charge in [0.05, 0.1) is 32.7 Å². The molecule has 2 atom stereocenters. The Labute approximate surface area is 169 Å². The normalized spacial score (nSPS) is 21.3. The van der Waals surface area contributed by atoms with Crippen molar-refractivity contribution in [2.75, 3.05) is 52.6 Å². The molecule has 2 N–H and O–H groups in total. The number of Topliss-reactive ketones (excluding diaryl/α,β-unsaturated/α-hetero) is 1. The van der Waals surface area contributed by atoms with Gasteiger partial charge in [0.25, 0.3) is 5.78 Å². The first-order valence-electron chi connectivity index (χ1n) is 9.92. The number of nitrogens with one attached hydrogen (secondary N) is 2. The van der Waals surface area contributed by atoms with Crippen LogP contribution in [0.1, 0.15) is 22.2 Å². The second-order valence-corrected chi connectivity index (χ2v) is 7.83. The zero-order valence-corrected chi connectivity index (χ0v) is 16.6. The molecule has 0 bridgehead atoms. The number of carbonyl (C=O) groups is 1. The molecule has 6 nitrogen and oxygen atoms in total. The second kappa shape index (κ2) is 9.20. The number of hydrogen-bond acceptors (Lipinski definition) is 4. The van der Waals surface area contributed by atoms with Gasteiger partial charge in [-0.05, 0) is 24.3 Å². The Morgan fingerprint density at radius 1 is 0.929 bits per heavy atom. The van der Waals surface area contributed by atoms with Crippen LogP contribution in [0.5, 0.6) is 0 Å². The first kappa shape index (κ1) is 19.6. The fourth-order valence-electron chi connectivity index (χ4n) is 4.40. The van der Waals surface area contributed by atoms with Crippen LogP contribution in [0.25, 0.3) is 0 Å². The summed E-state index contributed by atoms with van der Waals surface area (Å²) in [5.74, 6) is 0.467. The average molecular weight is 407 g/mol. The van der Waals surface area contributed by atoms with Gasteiger partial charge in [-0.15, -0.1) is 0 Å². The lowest BCUT2D eigenvalue weighted by atomic mass is 9.91. The van der Waals surface area contributed by atoms with Gasteiger partial charge in [0, 0.05) is 10.6 Å². The third-order valence-corrected chi connectivity index (χ3v) is 5.97. The van der Waals surface area contributed by atoms with Crippen molar-refractivity contribution in [3.05, 3.63) is 59.0 Å². The van der Waals surface area contributed by atoms with Crippen molar-refractivity contribution in [2.24, 2.45) is 0 Å². The summed E-state index contributed by atoms with van der Waals surface area (Å²) < 4.78 is 16.7. The smallest absolute Gasteiger partial charge is 0.261 e.